The summed E-state index contributed by atoms with van der Waals surface area (Å²) < 4.78 is 42.5. The van der Waals surface area contributed by atoms with Crippen LogP contribution < -0.4 is 5.32 Å². The number of carbonyl (C=O) groups excluding carboxylic acids is 1. The van der Waals surface area contributed by atoms with E-state index in [1.165, 1.54) is 30.6 Å². The lowest BCUT2D eigenvalue weighted by molar-refractivity contribution is -0.142. The number of nitrogens with one attached hydrogen (secondary N) is 1. The van der Waals surface area contributed by atoms with E-state index in [0.29, 0.717) is 22.6 Å². The smallest absolute Gasteiger partial charge is 0.345 e. The molecule has 3 aromatic heterocycles. The van der Waals surface area contributed by atoms with E-state index in [9.17, 15) is 18.0 Å². The Kier molecular flexibility index (Phi) is 4.54. The first-order valence-electron chi connectivity index (χ1n) is 10.7. The highest BCUT2D eigenvalue weighted by atomic mass is 79.9. The van der Waals surface area contributed by atoms with E-state index < -0.39 is 17.8 Å². The molecular formula is C22H20BrF3N4OS. The Morgan fingerprint density at radius 1 is 1.19 bits per heavy atom. The quantitative estimate of drug-likeness (QED) is 0.461. The van der Waals surface area contributed by atoms with E-state index in [2.05, 4.69) is 31.3 Å². The van der Waals surface area contributed by atoms with Gasteiger partial charge in [-0.25, -0.2) is 9.50 Å². The molecule has 10 heteroatoms. The van der Waals surface area contributed by atoms with Crippen LogP contribution in [0.25, 0.3) is 16.2 Å². The molecule has 0 aromatic carbocycles. The van der Waals surface area contributed by atoms with Crippen molar-refractivity contribution in [3.05, 3.63) is 39.4 Å². The van der Waals surface area contributed by atoms with Crippen LogP contribution in [0.4, 0.5) is 13.2 Å². The molecule has 1 amide bonds. The van der Waals surface area contributed by atoms with Gasteiger partial charge in [-0.15, -0.1) is 11.3 Å². The minimum absolute atomic E-state index is 0.0149. The second kappa shape index (κ2) is 7.03. The lowest BCUT2D eigenvalue weighted by atomic mass is 9.53. The van der Waals surface area contributed by atoms with Crippen LogP contribution in [0.1, 0.15) is 54.7 Å². The molecule has 168 valence electrons. The zero-order chi connectivity index (χ0) is 22.3. The minimum atomic E-state index is -4.65. The van der Waals surface area contributed by atoms with E-state index in [-0.39, 0.29) is 27.0 Å². The Labute approximate surface area is 194 Å². The molecule has 0 unspecified atom stereocenters. The highest BCUT2D eigenvalue weighted by Crippen LogP contribution is 2.55. The maximum absolute atomic E-state index is 13.9. The normalized spacial score (nSPS) is 29.1. The van der Waals surface area contributed by atoms with Crippen molar-refractivity contribution in [1.29, 1.82) is 0 Å². The van der Waals surface area contributed by atoms with Gasteiger partial charge in [0, 0.05) is 5.54 Å². The molecule has 3 aromatic rings. The number of nitrogens with zero attached hydrogens (tertiary/aromatic N) is 3. The monoisotopic (exact) mass is 524 g/mol. The van der Waals surface area contributed by atoms with Crippen LogP contribution in [-0.2, 0) is 6.18 Å². The lowest BCUT2D eigenvalue weighted by Gasteiger charge is -2.56. The molecule has 5 nitrogen and oxygen atoms in total. The first-order chi connectivity index (χ1) is 15.2. The first-order valence-corrected chi connectivity index (χ1v) is 12.4. The standard InChI is InChI=1S/C22H20BrF3N4OS/c23-17-18(20(31)28-21-8-11-4-12(9-21)6-13(5-11)10-21)29-30-16(22(24,25)26)7-14(27-19(17)30)15-2-1-3-32-15/h1-3,7,11-13H,4-6,8-10H2,(H,28,31). The number of thiophene rings is 1. The largest absolute Gasteiger partial charge is 0.433 e. The summed E-state index contributed by atoms with van der Waals surface area (Å²) in [6.07, 6.45) is 1.90. The molecule has 4 fully saturated rings. The zero-order valence-corrected chi connectivity index (χ0v) is 19.4. The van der Waals surface area contributed by atoms with Gasteiger partial charge in [0.05, 0.1) is 15.0 Å². The van der Waals surface area contributed by atoms with Gasteiger partial charge in [-0.2, -0.15) is 18.3 Å². The van der Waals surface area contributed by atoms with Crippen molar-refractivity contribution in [1.82, 2.24) is 19.9 Å². The second-order valence-corrected chi connectivity index (χ2v) is 11.3. The van der Waals surface area contributed by atoms with Crippen LogP contribution in [0.2, 0.25) is 0 Å². The van der Waals surface area contributed by atoms with Gasteiger partial charge in [0.15, 0.2) is 17.0 Å². The number of carbonyl (C=O) groups is 1. The number of fused-ring (bicyclic) bond motifs is 1. The third-order valence-corrected chi connectivity index (χ3v) is 8.85. The summed E-state index contributed by atoms with van der Waals surface area (Å²) in [5.74, 6) is 1.48. The Morgan fingerprint density at radius 2 is 1.84 bits per heavy atom. The topological polar surface area (TPSA) is 59.3 Å². The summed E-state index contributed by atoms with van der Waals surface area (Å²) in [7, 11) is 0. The number of hydrogen-bond donors (Lipinski definition) is 1. The van der Waals surface area contributed by atoms with Crippen molar-refractivity contribution in [2.24, 2.45) is 17.8 Å². The third kappa shape index (κ3) is 3.29. The summed E-state index contributed by atoms with van der Waals surface area (Å²) in [4.78, 5) is 18.3. The molecule has 0 radical (unpaired) electrons. The van der Waals surface area contributed by atoms with Crippen molar-refractivity contribution in [2.45, 2.75) is 50.2 Å². The Hall–Kier alpha value is -1.94. The molecule has 3 heterocycles. The van der Waals surface area contributed by atoms with Crippen LogP contribution in [0.15, 0.2) is 28.1 Å². The van der Waals surface area contributed by atoms with E-state index in [1.54, 1.807) is 17.5 Å². The minimum Gasteiger partial charge on any atom is -0.345 e. The number of rotatable bonds is 3. The molecule has 0 spiro atoms. The number of amides is 1. The van der Waals surface area contributed by atoms with Gasteiger partial charge in [-0.05, 0) is 89.7 Å². The van der Waals surface area contributed by atoms with Crippen molar-refractivity contribution < 1.29 is 18.0 Å². The Bertz CT molecular complexity index is 1180. The average Bonchev–Trinajstić information content (AvgIpc) is 3.34. The maximum Gasteiger partial charge on any atom is 0.433 e. The molecular weight excluding hydrogens is 505 g/mol. The number of hydrogen-bond acceptors (Lipinski definition) is 4. The summed E-state index contributed by atoms with van der Waals surface area (Å²) >= 11 is 4.64. The van der Waals surface area contributed by atoms with Crippen molar-refractivity contribution in [3.8, 4) is 10.6 Å². The highest BCUT2D eigenvalue weighted by Gasteiger charge is 2.52. The van der Waals surface area contributed by atoms with Crippen LogP contribution >= 0.6 is 27.3 Å². The number of halogens is 4. The molecule has 4 aliphatic rings. The van der Waals surface area contributed by atoms with Gasteiger partial charge in [0.1, 0.15) is 0 Å². The Morgan fingerprint density at radius 3 is 2.41 bits per heavy atom. The van der Waals surface area contributed by atoms with Crippen molar-refractivity contribution >= 4 is 38.8 Å². The average molecular weight is 525 g/mol. The summed E-state index contributed by atoms with van der Waals surface area (Å²) in [5, 5.41) is 9.05. The molecule has 4 bridgehead atoms. The predicted molar refractivity (Wildman–Crippen MR) is 117 cm³/mol. The Balaban J connectivity index is 1.41. The van der Waals surface area contributed by atoms with E-state index in [4.69, 9.17) is 0 Å². The molecule has 0 atom stereocenters. The van der Waals surface area contributed by atoms with E-state index in [0.717, 1.165) is 29.8 Å². The van der Waals surface area contributed by atoms with Crippen LogP contribution in [-0.4, -0.2) is 26.0 Å². The van der Waals surface area contributed by atoms with Gasteiger partial charge < -0.3 is 5.32 Å². The van der Waals surface area contributed by atoms with Crippen molar-refractivity contribution in [2.75, 3.05) is 0 Å². The van der Waals surface area contributed by atoms with Crippen LogP contribution in [0, 0.1) is 17.8 Å². The van der Waals surface area contributed by atoms with Gasteiger partial charge >= 0.3 is 6.18 Å². The van der Waals surface area contributed by atoms with Crippen LogP contribution in [0.5, 0.6) is 0 Å². The van der Waals surface area contributed by atoms with Gasteiger partial charge in [-0.3, -0.25) is 4.79 Å². The molecule has 4 saturated carbocycles. The van der Waals surface area contributed by atoms with Gasteiger partial charge in [0.25, 0.3) is 5.91 Å². The van der Waals surface area contributed by atoms with E-state index >= 15 is 0 Å². The molecule has 32 heavy (non-hydrogen) atoms. The number of aromatic nitrogens is 3. The van der Waals surface area contributed by atoms with Crippen LogP contribution in [0.3, 0.4) is 0 Å². The molecule has 1 N–H and O–H groups in total. The fourth-order valence-electron chi connectivity index (χ4n) is 6.45. The SMILES string of the molecule is O=C(NC12CC3CC(CC(C3)C1)C2)c1nn2c(C(F)(F)F)cc(-c3cccs3)nc2c1Br. The third-order valence-electron chi connectivity index (χ3n) is 7.23. The second-order valence-electron chi connectivity index (χ2n) is 9.55. The van der Waals surface area contributed by atoms with Gasteiger partial charge in [-0.1, -0.05) is 6.07 Å². The number of alkyl halides is 3. The maximum atomic E-state index is 13.9. The molecule has 0 aliphatic heterocycles. The van der Waals surface area contributed by atoms with Gasteiger partial charge in [0.2, 0.25) is 0 Å². The fourth-order valence-corrected chi connectivity index (χ4v) is 7.66. The van der Waals surface area contributed by atoms with Crippen molar-refractivity contribution in [3.63, 3.8) is 0 Å². The highest BCUT2D eigenvalue weighted by molar-refractivity contribution is 9.10. The first kappa shape index (κ1) is 20.7. The lowest BCUT2D eigenvalue weighted by Crippen LogP contribution is -2.59. The summed E-state index contributed by atoms with van der Waals surface area (Å²) in [5.41, 5.74) is -1.08. The zero-order valence-electron chi connectivity index (χ0n) is 17.0. The summed E-state index contributed by atoms with van der Waals surface area (Å²) in [6, 6.07) is 4.46. The summed E-state index contributed by atoms with van der Waals surface area (Å²) in [6.45, 7) is 0. The van der Waals surface area contributed by atoms with E-state index in [1.807, 2.05) is 0 Å². The predicted octanol–water partition coefficient (Wildman–Crippen LogP) is 5.94. The molecule has 7 rings (SSSR count). The molecule has 0 saturated heterocycles. The molecule has 4 aliphatic carbocycles. The fraction of sp³-hybridized carbons (Fsp3) is 0.500.